The van der Waals surface area contributed by atoms with E-state index in [1.54, 1.807) is 6.20 Å². The van der Waals surface area contributed by atoms with Gasteiger partial charge in [0.2, 0.25) is 0 Å². The number of halogens is 1. The van der Waals surface area contributed by atoms with Crippen molar-refractivity contribution in [1.82, 2.24) is 14.3 Å². The lowest BCUT2D eigenvalue weighted by Gasteiger charge is -2.18. The highest BCUT2D eigenvalue weighted by atomic mass is 35.5. The van der Waals surface area contributed by atoms with E-state index in [1.807, 2.05) is 36.9 Å². The maximum Gasteiger partial charge on any atom is 0.179 e. The molecule has 0 aliphatic rings. The first-order chi connectivity index (χ1) is 9.04. The highest BCUT2D eigenvalue weighted by molar-refractivity contribution is 6.30. The lowest BCUT2D eigenvalue weighted by atomic mass is 10.2. The third kappa shape index (κ3) is 2.73. The van der Waals surface area contributed by atoms with E-state index in [-0.39, 0.29) is 17.7 Å². The Bertz CT molecular complexity index is 572. The van der Waals surface area contributed by atoms with Crippen LogP contribution in [0.2, 0.25) is 0 Å². The van der Waals surface area contributed by atoms with E-state index in [2.05, 4.69) is 16.6 Å². The molecular weight excluding hydrogens is 262 g/mol. The van der Waals surface area contributed by atoms with Crippen LogP contribution in [0.4, 0.5) is 0 Å². The molecule has 4 nitrogen and oxygen atoms in total. The molecule has 2 heterocycles. The van der Waals surface area contributed by atoms with Crippen LogP contribution >= 0.6 is 11.6 Å². The number of ketones is 1. The van der Waals surface area contributed by atoms with Crippen LogP contribution in [0.25, 0.3) is 0 Å². The van der Waals surface area contributed by atoms with Gasteiger partial charge in [-0.05, 0) is 32.9 Å². The monoisotopic (exact) mass is 279 g/mol. The predicted molar refractivity (Wildman–Crippen MR) is 75.9 cm³/mol. The summed E-state index contributed by atoms with van der Waals surface area (Å²) in [5.74, 6) is 0.00461. The molecule has 0 aliphatic heterocycles. The van der Waals surface area contributed by atoms with Crippen LogP contribution in [0.5, 0.6) is 0 Å². The van der Waals surface area contributed by atoms with Crippen molar-refractivity contribution in [2.75, 3.05) is 5.88 Å². The number of rotatable bonds is 5. The molecule has 0 amide bonds. The van der Waals surface area contributed by atoms with Crippen molar-refractivity contribution in [3.8, 4) is 0 Å². The van der Waals surface area contributed by atoms with Crippen molar-refractivity contribution >= 4 is 17.4 Å². The van der Waals surface area contributed by atoms with Gasteiger partial charge in [-0.15, -0.1) is 11.6 Å². The van der Waals surface area contributed by atoms with E-state index < -0.39 is 0 Å². The summed E-state index contributed by atoms with van der Waals surface area (Å²) in [5.41, 5.74) is 2.77. The van der Waals surface area contributed by atoms with Crippen LogP contribution < -0.4 is 0 Å². The fraction of sp³-hybridized carbons (Fsp3) is 0.429. The van der Waals surface area contributed by atoms with Crippen LogP contribution in [0, 0.1) is 13.8 Å². The Balaban J connectivity index is 2.29. The smallest absolute Gasteiger partial charge is 0.179 e. The number of aryl methyl sites for hydroxylation is 1. The largest absolute Gasteiger partial charge is 0.344 e. The molecule has 0 saturated carbocycles. The molecule has 5 heteroatoms. The standard InChI is InChI=1S/C14H18ClN3O/c1-10-7-13(14(19)8-15)12(3)18(10)11(2)9-17-6-4-5-16-17/h4-7,11H,8-9H2,1-3H3. The molecule has 2 aromatic heterocycles. The summed E-state index contributed by atoms with van der Waals surface area (Å²) in [6.45, 7) is 6.87. The molecular formula is C14H18ClN3O. The van der Waals surface area contributed by atoms with E-state index >= 15 is 0 Å². The van der Waals surface area contributed by atoms with Gasteiger partial charge in [0.15, 0.2) is 5.78 Å². The van der Waals surface area contributed by atoms with Gasteiger partial charge in [-0.1, -0.05) is 0 Å². The minimum Gasteiger partial charge on any atom is -0.344 e. The van der Waals surface area contributed by atoms with Crippen molar-refractivity contribution in [3.05, 3.63) is 41.5 Å². The van der Waals surface area contributed by atoms with Crippen molar-refractivity contribution < 1.29 is 4.79 Å². The van der Waals surface area contributed by atoms with Crippen molar-refractivity contribution in [3.63, 3.8) is 0 Å². The minimum absolute atomic E-state index is 0.0210. The minimum atomic E-state index is -0.0210. The molecule has 0 radical (unpaired) electrons. The van der Waals surface area contributed by atoms with Crippen LogP contribution in [0.1, 0.15) is 34.7 Å². The van der Waals surface area contributed by atoms with E-state index in [0.717, 1.165) is 23.5 Å². The van der Waals surface area contributed by atoms with Gasteiger partial charge in [0.1, 0.15) is 0 Å². The number of hydrogen-bond acceptors (Lipinski definition) is 2. The lowest BCUT2D eigenvalue weighted by Crippen LogP contribution is -2.16. The van der Waals surface area contributed by atoms with Gasteiger partial charge in [-0.25, -0.2) is 0 Å². The molecule has 2 aromatic rings. The van der Waals surface area contributed by atoms with Crippen LogP contribution in [-0.4, -0.2) is 26.0 Å². The zero-order chi connectivity index (χ0) is 14.0. The summed E-state index contributed by atoms with van der Waals surface area (Å²) in [5, 5.41) is 4.21. The molecule has 2 rings (SSSR count). The maximum atomic E-state index is 11.8. The van der Waals surface area contributed by atoms with Gasteiger partial charge in [0, 0.05) is 29.3 Å². The summed E-state index contributed by atoms with van der Waals surface area (Å²) in [7, 11) is 0. The van der Waals surface area contributed by atoms with E-state index in [9.17, 15) is 4.79 Å². The Hall–Kier alpha value is -1.55. The molecule has 0 N–H and O–H groups in total. The van der Waals surface area contributed by atoms with E-state index in [1.165, 1.54) is 0 Å². The summed E-state index contributed by atoms with van der Waals surface area (Å²) in [6.07, 6.45) is 3.71. The molecule has 0 fully saturated rings. The van der Waals surface area contributed by atoms with Gasteiger partial charge in [0.05, 0.1) is 18.5 Å². The zero-order valence-electron chi connectivity index (χ0n) is 11.4. The quantitative estimate of drug-likeness (QED) is 0.623. The average molecular weight is 280 g/mol. The van der Waals surface area contributed by atoms with Crippen molar-refractivity contribution in [2.45, 2.75) is 33.4 Å². The SMILES string of the molecule is Cc1cc(C(=O)CCl)c(C)n1C(C)Cn1cccn1. The Kier molecular flexibility index (Phi) is 4.10. The Morgan fingerprint density at radius 1 is 1.47 bits per heavy atom. The van der Waals surface area contributed by atoms with Crippen LogP contribution in [-0.2, 0) is 6.54 Å². The molecule has 1 atom stereocenters. The predicted octanol–water partition coefficient (Wildman–Crippen LogP) is 2.98. The van der Waals surface area contributed by atoms with Gasteiger partial charge >= 0.3 is 0 Å². The Morgan fingerprint density at radius 2 is 2.21 bits per heavy atom. The second-order valence-corrected chi connectivity index (χ2v) is 5.06. The molecule has 1 unspecified atom stereocenters. The fourth-order valence-corrected chi connectivity index (χ4v) is 2.71. The summed E-state index contributed by atoms with van der Waals surface area (Å²) >= 11 is 5.64. The number of alkyl halides is 1. The van der Waals surface area contributed by atoms with Gasteiger partial charge in [-0.2, -0.15) is 5.10 Å². The number of carbonyl (C=O) groups excluding carboxylic acids is 1. The Labute approximate surface area is 118 Å². The summed E-state index contributed by atoms with van der Waals surface area (Å²) < 4.78 is 4.06. The van der Waals surface area contributed by atoms with Crippen molar-refractivity contribution in [1.29, 1.82) is 0 Å². The van der Waals surface area contributed by atoms with Crippen molar-refractivity contribution in [2.24, 2.45) is 0 Å². The van der Waals surface area contributed by atoms with E-state index in [0.29, 0.717) is 0 Å². The Morgan fingerprint density at radius 3 is 2.79 bits per heavy atom. The van der Waals surface area contributed by atoms with E-state index in [4.69, 9.17) is 11.6 Å². The number of aromatic nitrogens is 3. The number of carbonyl (C=O) groups is 1. The second-order valence-electron chi connectivity index (χ2n) is 4.79. The first-order valence-corrected chi connectivity index (χ1v) is 6.83. The summed E-state index contributed by atoms with van der Waals surface area (Å²) in [6, 6.07) is 4.06. The molecule has 19 heavy (non-hydrogen) atoms. The zero-order valence-corrected chi connectivity index (χ0v) is 12.2. The fourth-order valence-electron chi connectivity index (χ4n) is 2.57. The number of nitrogens with zero attached hydrogens (tertiary/aromatic N) is 3. The van der Waals surface area contributed by atoms with Crippen LogP contribution in [0.15, 0.2) is 24.5 Å². The number of hydrogen-bond donors (Lipinski definition) is 0. The van der Waals surface area contributed by atoms with Crippen LogP contribution in [0.3, 0.4) is 0 Å². The first-order valence-electron chi connectivity index (χ1n) is 6.29. The average Bonchev–Trinajstić information content (AvgIpc) is 2.96. The first kappa shape index (κ1) is 13.9. The molecule has 102 valence electrons. The highest BCUT2D eigenvalue weighted by Gasteiger charge is 2.18. The molecule has 0 aromatic carbocycles. The lowest BCUT2D eigenvalue weighted by molar-refractivity contribution is 0.102. The molecule has 0 aliphatic carbocycles. The maximum absolute atomic E-state index is 11.8. The molecule has 0 spiro atoms. The normalized spacial score (nSPS) is 12.6. The highest BCUT2D eigenvalue weighted by Crippen LogP contribution is 2.22. The second kappa shape index (κ2) is 5.61. The van der Waals surface area contributed by atoms with Gasteiger partial charge in [0.25, 0.3) is 0 Å². The van der Waals surface area contributed by atoms with Gasteiger partial charge < -0.3 is 4.57 Å². The third-order valence-electron chi connectivity index (χ3n) is 3.36. The van der Waals surface area contributed by atoms with Gasteiger partial charge in [-0.3, -0.25) is 9.48 Å². The summed E-state index contributed by atoms with van der Waals surface area (Å²) in [4.78, 5) is 11.8. The third-order valence-corrected chi connectivity index (χ3v) is 3.60. The topological polar surface area (TPSA) is 39.8 Å². The molecule has 0 saturated heterocycles. The number of Topliss-reactive ketones (excluding diaryl/α,β-unsaturated/α-hetero) is 1. The molecule has 0 bridgehead atoms.